The summed E-state index contributed by atoms with van der Waals surface area (Å²) >= 11 is 0. The van der Waals surface area contributed by atoms with E-state index in [1.807, 2.05) is 0 Å². The first-order chi connectivity index (χ1) is 16.5. The van der Waals surface area contributed by atoms with Crippen LogP contribution in [0.25, 0.3) is 0 Å². The molecule has 6 nitrogen and oxygen atoms in total. The minimum Gasteiger partial charge on any atom is -0.508 e. The summed E-state index contributed by atoms with van der Waals surface area (Å²) in [5, 5.41) is 12.7. The molecule has 194 valence electrons. The highest BCUT2D eigenvalue weighted by Crippen LogP contribution is 2.16. The molecule has 0 amide bonds. The van der Waals surface area contributed by atoms with Gasteiger partial charge in [-0.2, -0.15) is 0 Å². The van der Waals surface area contributed by atoms with Crippen molar-refractivity contribution in [1.29, 1.82) is 0 Å². The number of hydrogen-bond donors (Lipinski definition) is 2. The lowest BCUT2D eigenvalue weighted by atomic mass is 10.0. The number of carbonyl (C=O) groups is 2. The smallest absolute Gasteiger partial charge is 0.372 e. The molecule has 1 rings (SSSR count). The van der Waals surface area contributed by atoms with Crippen LogP contribution in [-0.2, 0) is 25.9 Å². The van der Waals surface area contributed by atoms with Crippen molar-refractivity contribution in [2.24, 2.45) is 0 Å². The zero-order valence-corrected chi connectivity index (χ0v) is 21.5. The van der Waals surface area contributed by atoms with Crippen molar-refractivity contribution in [3.05, 3.63) is 29.8 Å². The van der Waals surface area contributed by atoms with E-state index in [1.165, 1.54) is 77.0 Å². The fraction of sp³-hybridized carbons (Fsp3) is 0.714. The number of carbonyl (C=O) groups excluding carboxylic acids is 2. The van der Waals surface area contributed by atoms with Crippen LogP contribution in [0.15, 0.2) is 24.3 Å². The predicted molar refractivity (Wildman–Crippen MR) is 136 cm³/mol. The van der Waals surface area contributed by atoms with Gasteiger partial charge >= 0.3 is 11.9 Å². The van der Waals surface area contributed by atoms with Gasteiger partial charge in [0.05, 0.1) is 6.42 Å². The third kappa shape index (κ3) is 15.7. The molecule has 0 saturated heterocycles. The second-order valence-corrected chi connectivity index (χ2v) is 9.29. The highest BCUT2D eigenvalue weighted by molar-refractivity contribution is 5.76. The Labute approximate surface area is 206 Å². The second-order valence-electron chi connectivity index (χ2n) is 9.29. The monoisotopic (exact) mass is 477 g/mol. The number of benzene rings is 1. The van der Waals surface area contributed by atoms with Gasteiger partial charge in [-0.05, 0) is 19.4 Å². The van der Waals surface area contributed by atoms with Gasteiger partial charge in [-0.15, -0.1) is 0 Å². The number of rotatable bonds is 20. The number of phenols is 1. The summed E-state index contributed by atoms with van der Waals surface area (Å²) in [5.41, 5.74) is 0.673. The zero-order chi connectivity index (χ0) is 24.9. The lowest BCUT2D eigenvalue weighted by Crippen LogP contribution is -2.35. The minimum atomic E-state index is -0.668. The lowest BCUT2D eigenvalue weighted by molar-refractivity contribution is -0.260. The van der Waals surface area contributed by atoms with Gasteiger partial charge in [-0.1, -0.05) is 115 Å². The number of phenolic OH excluding ortho intramolecular Hbond substituents is 1. The van der Waals surface area contributed by atoms with Gasteiger partial charge in [0.2, 0.25) is 0 Å². The Hall–Kier alpha value is -2.08. The second kappa shape index (κ2) is 20.3. The molecule has 0 aliphatic heterocycles. The van der Waals surface area contributed by atoms with Crippen molar-refractivity contribution in [1.82, 2.24) is 5.32 Å². The van der Waals surface area contributed by atoms with Crippen molar-refractivity contribution in [2.75, 3.05) is 0 Å². The standard InChI is InChI=1S/C28H47NO5/c1-3-4-5-6-7-8-9-10-11-12-13-14-15-16-17-22-27(31)33-34-28(32)24(2)29-23-25-20-18-19-21-26(25)30/h18-21,24,29-30H,3-17,22-23H2,1-2H3/t24-/m0/s1. The molecule has 0 fully saturated rings. The zero-order valence-electron chi connectivity index (χ0n) is 21.5. The molecule has 1 atom stereocenters. The molecular weight excluding hydrogens is 430 g/mol. The molecule has 1 aromatic carbocycles. The van der Waals surface area contributed by atoms with Crippen LogP contribution in [0.4, 0.5) is 0 Å². The van der Waals surface area contributed by atoms with Crippen LogP contribution in [0.5, 0.6) is 5.75 Å². The van der Waals surface area contributed by atoms with Crippen molar-refractivity contribution in [2.45, 2.75) is 129 Å². The van der Waals surface area contributed by atoms with Gasteiger partial charge in [0.1, 0.15) is 11.8 Å². The quantitative estimate of drug-likeness (QED) is 0.118. The maximum atomic E-state index is 11.9. The Morgan fingerprint density at radius 3 is 1.82 bits per heavy atom. The largest absolute Gasteiger partial charge is 0.508 e. The molecule has 0 radical (unpaired) electrons. The molecule has 2 N–H and O–H groups in total. The fourth-order valence-corrected chi connectivity index (χ4v) is 3.85. The Morgan fingerprint density at radius 1 is 0.794 bits per heavy atom. The fourth-order valence-electron chi connectivity index (χ4n) is 3.85. The Bertz CT molecular complexity index is 664. The average molecular weight is 478 g/mol. The highest BCUT2D eigenvalue weighted by atomic mass is 17.2. The maximum Gasteiger partial charge on any atom is 0.372 e. The topological polar surface area (TPSA) is 84.9 Å². The number of hydrogen-bond acceptors (Lipinski definition) is 6. The summed E-state index contributed by atoms with van der Waals surface area (Å²) in [4.78, 5) is 33.0. The molecular formula is C28H47NO5. The normalized spacial score (nSPS) is 11.8. The molecule has 0 unspecified atom stereocenters. The molecule has 0 aliphatic carbocycles. The van der Waals surface area contributed by atoms with E-state index in [1.54, 1.807) is 31.2 Å². The number of aromatic hydroxyl groups is 1. The van der Waals surface area contributed by atoms with Gasteiger partial charge in [-0.3, -0.25) is 0 Å². The third-order valence-electron chi connectivity index (χ3n) is 6.15. The van der Waals surface area contributed by atoms with E-state index in [2.05, 4.69) is 22.0 Å². The van der Waals surface area contributed by atoms with E-state index in [9.17, 15) is 14.7 Å². The van der Waals surface area contributed by atoms with E-state index in [-0.39, 0.29) is 12.2 Å². The molecule has 0 spiro atoms. The molecule has 6 heteroatoms. The summed E-state index contributed by atoms with van der Waals surface area (Å²) in [6, 6.07) is 6.21. The Morgan fingerprint density at radius 2 is 1.29 bits per heavy atom. The maximum absolute atomic E-state index is 11.9. The molecule has 1 aromatic rings. The summed E-state index contributed by atoms with van der Waals surface area (Å²) < 4.78 is 0. The third-order valence-corrected chi connectivity index (χ3v) is 6.15. The Balaban J connectivity index is 1.91. The molecule has 0 saturated carbocycles. The summed E-state index contributed by atoms with van der Waals surface area (Å²) in [5.74, 6) is -1.03. The first-order valence-corrected chi connectivity index (χ1v) is 13.5. The van der Waals surface area contributed by atoms with Crippen molar-refractivity contribution in [3.63, 3.8) is 0 Å². The van der Waals surface area contributed by atoms with Crippen LogP contribution in [0, 0.1) is 0 Å². The number of unbranched alkanes of at least 4 members (excludes halogenated alkanes) is 14. The molecule has 34 heavy (non-hydrogen) atoms. The molecule has 0 aliphatic rings. The van der Waals surface area contributed by atoms with Gasteiger partial charge in [0.25, 0.3) is 0 Å². The molecule has 0 bridgehead atoms. The van der Waals surface area contributed by atoms with E-state index in [0.717, 1.165) is 19.3 Å². The summed E-state index contributed by atoms with van der Waals surface area (Å²) in [6.07, 6.45) is 19.3. The highest BCUT2D eigenvalue weighted by Gasteiger charge is 2.17. The number of nitrogens with one attached hydrogen (secondary N) is 1. The van der Waals surface area contributed by atoms with Crippen LogP contribution >= 0.6 is 0 Å². The van der Waals surface area contributed by atoms with Crippen LogP contribution < -0.4 is 5.32 Å². The first-order valence-electron chi connectivity index (χ1n) is 13.5. The van der Waals surface area contributed by atoms with E-state index >= 15 is 0 Å². The molecule has 0 aromatic heterocycles. The summed E-state index contributed by atoms with van der Waals surface area (Å²) in [7, 11) is 0. The van der Waals surface area contributed by atoms with Gasteiger partial charge in [-0.25, -0.2) is 19.4 Å². The predicted octanol–water partition coefficient (Wildman–Crippen LogP) is 7.13. The van der Waals surface area contributed by atoms with E-state index in [4.69, 9.17) is 0 Å². The SMILES string of the molecule is CCCCCCCCCCCCCCCCCC(=O)OOC(=O)[C@H](C)NCc1ccccc1O. The van der Waals surface area contributed by atoms with Crippen LogP contribution in [0.2, 0.25) is 0 Å². The van der Waals surface area contributed by atoms with Gasteiger partial charge in [0.15, 0.2) is 0 Å². The van der Waals surface area contributed by atoms with Gasteiger partial charge < -0.3 is 10.4 Å². The van der Waals surface area contributed by atoms with Crippen LogP contribution in [-0.4, -0.2) is 23.1 Å². The van der Waals surface area contributed by atoms with Crippen LogP contribution in [0.3, 0.4) is 0 Å². The Kier molecular flexibility index (Phi) is 17.9. The lowest BCUT2D eigenvalue weighted by Gasteiger charge is -2.12. The van der Waals surface area contributed by atoms with Crippen molar-refractivity contribution < 1.29 is 24.5 Å². The first kappa shape index (κ1) is 30.0. The average Bonchev–Trinajstić information content (AvgIpc) is 2.84. The van der Waals surface area contributed by atoms with Crippen molar-refractivity contribution in [3.8, 4) is 5.75 Å². The molecule has 0 heterocycles. The minimum absolute atomic E-state index is 0.158. The van der Waals surface area contributed by atoms with Gasteiger partial charge in [0, 0.05) is 12.1 Å². The van der Waals surface area contributed by atoms with Crippen LogP contribution in [0.1, 0.15) is 122 Å². The number of para-hydroxylation sites is 1. The summed E-state index contributed by atoms with van der Waals surface area (Å²) in [6.45, 7) is 4.18. The van der Waals surface area contributed by atoms with Crippen molar-refractivity contribution >= 4 is 11.9 Å². The van der Waals surface area contributed by atoms with E-state index < -0.39 is 18.0 Å². The van der Waals surface area contributed by atoms with E-state index in [0.29, 0.717) is 12.1 Å².